The number of amides is 1. The van der Waals surface area contributed by atoms with Crippen LogP contribution in [0.2, 0.25) is 0 Å². The molecule has 2 N–H and O–H groups in total. The number of nitrogens with zero attached hydrogens (tertiary/aromatic N) is 1. The van der Waals surface area contributed by atoms with Crippen LogP contribution < -0.4 is 14.9 Å². The quantitative estimate of drug-likeness (QED) is 0.764. The van der Waals surface area contributed by atoms with Crippen molar-refractivity contribution in [3.8, 4) is 0 Å². The zero-order chi connectivity index (χ0) is 21.2. The number of furan rings is 1. The van der Waals surface area contributed by atoms with Gasteiger partial charge >= 0.3 is 0 Å². The summed E-state index contributed by atoms with van der Waals surface area (Å²) in [6.07, 6.45) is 3.21. The third kappa shape index (κ3) is 5.36. The second kappa shape index (κ2) is 8.16. The van der Waals surface area contributed by atoms with E-state index in [2.05, 4.69) is 14.9 Å². The van der Waals surface area contributed by atoms with E-state index >= 15 is 0 Å². The summed E-state index contributed by atoms with van der Waals surface area (Å²) >= 11 is 0. The van der Waals surface area contributed by atoms with E-state index in [-0.39, 0.29) is 10.9 Å². The average molecular weight is 424 g/mol. The number of hydrogen-bond donors (Lipinski definition) is 2. The van der Waals surface area contributed by atoms with Crippen LogP contribution in [-0.2, 0) is 10.0 Å². The van der Waals surface area contributed by atoms with Gasteiger partial charge in [-0.05, 0) is 70.4 Å². The number of carbonyl (C=O) groups excluding carboxylic acids is 1. The lowest BCUT2D eigenvalue weighted by Gasteiger charge is -2.30. The van der Waals surface area contributed by atoms with Gasteiger partial charge in [0.15, 0.2) is 5.76 Å². The lowest BCUT2D eigenvalue weighted by molar-refractivity contribution is 0.0991. The molecule has 0 bridgehead atoms. The van der Waals surface area contributed by atoms with Gasteiger partial charge in [-0.25, -0.2) is 17.5 Å². The molecule has 1 amide bonds. The summed E-state index contributed by atoms with van der Waals surface area (Å²) in [5.41, 5.74) is 0.359. The number of anilines is 2. The van der Waals surface area contributed by atoms with Crippen molar-refractivity contribution >= 4 is 27.3 Å². The number of nitrogens with one attached hydrogen (secondary N) is 2. The van der Waals surface area contributed by atoms with Gasteiger partial charge in [0.1, 0.15) is 5.82 Å². The molecule has 7 nitrogen and oxygen atoms in total. The number of halogens is 1. The summed E-state index contributed by atoms with van der Waals surface area (Å²) in [5.74, 6) is -1.29. The Balaban J connectivity index is 1.81. The molecule has 2 heterocycles. The predicted octanol–water partition coefficient (Wildman–Crippen LogP) is 3.74. The second-order valence-electron chi connectivity index (χ2n) is 8.14. The number of sulfonamides is 1. The van der Waals surface area contributed by atoms with Crippen molar-refractivity contribution in [1.29, 1.82) is 0 Å². The minimum Gasteiger partial charge on any atom is -0.438 e. The number of rotatable bonds is 5. The van der Waals surface area contributed by atoms with Crippen molar-refractivity contribution in [2.75, 3.05) is 23.3 Å². The highest BCUT2D eigenvalue weighted by atomic mass is 32.2. The predicted molar refractivity (Wildman–Crippen MR) is 109 cm³/mol. The highest BCUT2D eigenvalue weighted by molar-refractivity contribution is 7.89. The Morgan fingerprint density at radius 2 is 1.79 bits per heavy atom. The second-order valence-corrected chi connectivity index (χ2v) is 9.75. The average Bonchev–Trinajstić information content (AvgIpc) is 3.12. The van der Waals surface area contributed by atoms with Crippen LogP contribution in [0.15, 0.2) is 39.8 Å². The molecule has 0 radical (unpaired) electrons. The van der Waals surface area contributed by atoms with Crippen molar-refractivity contribution in [2.45, 2.75) is 50.7 Å². The van der Waals surface area contributed by atoms with Gasteiger partial charge in [0.25, 0.3) is 15.9 Å². The van der Waals surface area contributed by atoms with Gasteiger partial charge in [0.05, 0.1) is 11.4 Å². The van der Waals surface area contributed by atoms with E-state index < -0.39 is 27.3 Å². The van der Waals surface area contributed by atoms with E-state index in [1.165, 1.54) is 24.3 Å². The standard InChI is InChI=1S/C20H26FN3O4S/c1-20(2,3)23-29(26,27)18-10-9-17(28-18)19(25)22-15-13-14(21)7-8-16(15)24-11-5-4-6-12-24/h7-10,13,23H,4-6,11-12H2,1-3H3,(H,22,25). The summed E-state index contributed by atoms with van der Waals surface area (Å²) in [5, 5.41) is 2.29. The van der Waals surface area contributed by atoms with Crippen LogP contribution in [0.3, 0.4) is 0 Å². The highest BCUT2D eigenvalue weighted by Crippen LogP contribution is 2.30. The normalized spacial score (nSPS) is 15.4. The Bertz CT molecular complexity index is 989. The molecule has 2 aromatic rings. The van der Waals surface area contributed by atoms with Crippen molar-refractivity contribution in [3.05, 3.63) is 41.9 Å². The maximum Gasteiger partial charge on any atom is 0.291 e. The van der Waals surface area contributed by atoms with Gasteiger partial charge in [0.2, 0.25) is 5.09 Å². The van der Waals surface area contributed by atoms with Gasteiger partial charge in [-0.2, -0.15) is 0 Å². The van der Waals surface area contributed by atoms with E-state index in [1.54, 1.807) is 26.8 Å². The van der Waals surface area contributed by atoms with E-state index in [1.807, 2.05) is 0 Å². The van der Waals surface area contributed by atoms with Crippen LogP contribution in [0.5, 0.6) is 0 Å². The van der Waals surface area contributed by atoms with Crippen LogP contribution in [0.4, 0.5) is 15.8 Å². The van der Waals surface area contributed by atoms with Crippen LogP contribution in [0.25, 0.3) is 0 Å². The summed E-state index contributed by atoms with van der Waals surface area (Å²) < 4.78 is 46.3. The van der Waals surface area contributed by atoms with Gasteiger partial charge < -0.3 is 14.6 Å². The molecule has 158 valence electrons. The van der Waals surface area contributed by atoms with Crippen LogP contribution >= 0.6 is 0 Å². The maximum atomic E-state index is 13.8. The fourth-order valence-corrected chi connectivity index (χ4v) is 4.60. The molecule has 1 aromatic carbocycles. The molecule has 1 aliphatic heterocycles. The van der Waals surface area contributed by atoms with Crippen LogP contribution in [-0.4, -0.2) is 33.0 Å². The molecule has 29 heavy (non-hydrogen) atoms. The third-order valence-electron chi connectivity index (χ3n) is 4.41. The first-order valence-corrected chi connectivity index (χ1v) is 11.0. The van der Waals surface area contributed by atoms with Gasteiger partial charge in [0, 0.05) is 18.6 Å². The zero-order valence-corrected chi connectivity index (χ0v) is 17.6. The molecule has 1 aliphatic rings. The smallest absolute Gasteiger partial charge is 0.291 e. The monoisotopic (exact) mass is 423 g/mol. The topological polar surface area (TPSA) is 91.6 Å². The number of hydrogen-bond acceptors (Lipinski definition) is 5. The Hall–Kier alpha value is -2.39. The van der Waals surface area contributed by atoms with Crippen molar-refractivity contribution in [3.63, 3.8) is 0 Å². The molecule has 3 rings (SSSR count). The first kappa shape index (κ1) is 21.3. The Kier molecular flexibility index (Phi) is 6.00. The molecule has 0 spiro atoms. The Morgan fingerprint density at radius 3 is 2.45 bits per heavy atom. The van der Waals surface area contributed by atoms with E-state index in [9.17, 15) is 17.6 Å². The summed E-state index contributed by atoms with van der Waals surface area (Å²) in [6, 6.07) is 6.76. The Morgan fingerprint density at radius 1 is 1.10 bits per heavy atom. The summed E-state index contributed by atoms with van der Waals surface area (Å²) in [7, 11) is -3.90. The minimum atomic E-state index is -3.90. The van der Waals surface area contributed by atoms with E-state index in [4.69, 9.17) is 4.42 Å². The van der Waals surface area contributed by atoms with E-state index in [0.29, 0.717) is 5.69 Å². The molecule has 1 saturated heterocycles. The molecule has 0 saturated carbocycles. The molecular formula is C20H26FN3O4S. The molecule has 1 aromatic heterocycles. The molecule has 9 heteroatoms. The molecule has 1 fully saturated rings. The summed E-state index contributed by atoms with van der Waals surface area (Å²) in [4.78, 5) is 14.7. The first-order chi connectivity index (χ1) is 13.5. The highest BCUT2D eigenvalue weighted by Gasteiger charge is 2.26. The third-order valence-corrected chi connectivity index (χ3v) is 6.04. The van der Waals surface area contributed by atoms with Crippen molar-refractivity contribution in [1.82, 2.24) is 4.72 Å². The number of benzene rings is 1. The lowest BCUT2D eigenvalue weighted by atomic mass is 10.1. The van der Waals surface area contributed by atoms with Crippen LogP contribution in [0, 0.1) is 5.82 Å². The van der Waals surface area contributed by atoms with Gasteiger partial charge in [-0.1, -0.05) is 0 Å². The largest absolute Gasteiger partial charge is 0.438 e. The SMILES string of the molecule is CC(C)(C)NS(=O)(=O)c1ccc(C(=O)Nc2cc(F)ccc2N2CCCCC2)o1. The zero-order valence-electron chi connectivity index (χ0n) is 16.8. The fourth-order valence-electron chi connectivity index (χ4n) is 3.24. The van der Waals surface area contributed by atoms with Crippen molar-refractivity contribution < 1.29 is 22.0 Å². The molecular weight excluding hydrogens is 397 g/mol. The van der Waals surface area contributed by atoms with Gasteiger partial charge in [-0.3, -0.25) is 4.79 Å². The molecule has 0 unspecified atom stereocenters. The number of piperidine rings is 1. The maximum absolute atomic E-state index is 13.8. The van der Waals surface area contributed by atoms with Crippen molar-refractivity contribution in [2.24, 2.45) is 0 Å². The lowest BCUT2D eigenvalue weighted by Crippen LogP contribution is -2.40. The number of carbonyl (C=O) groups is 1. The summed E-state index contributed by atoms with van der Waals surface area (Å²) in [6.45, 7) is 6.76. The Labute approximate surface area is 170 Å². The van der Waals surface area contributed by atoms with Crippen LogP contribution in [0.1, 0.15) is 50.6 Å². The first-order valence-electron chi connectivity index (χ1n) is 9.55. The minimum absolute atomic E-state index is 0.173. The van der Waals surface area contributed by atoms with E-state index in [0.717, 1.165) is 38.0 Å². The molecule has 0 atom stereocenters. The van der Waals surface area contributed by atoms with Gasteiger partial charge in [-0.15, -0.1) is 0 Å². The molecule has 0 aliphatic carbocycles. The fraction of sp³-hybridized carbons (Fsp3) is 0.450.